The summed E-state index contributed by atoms with van der Waals surface area (Å²) in [6.07, 6.45) is 76.6. The van der Waals surface area contributed by atoms with Crippen LogP contribution in [0.5, 0.6) is 0 Å². The van der Waals surface area contributed by atoms with E-state index in [1.54, 1.807) is 0 Å². The van der Waals surface area contributed by atoms with E-state index in [-0.39, 0.29) is 38.0 Å². The molecule has 6 nitrogen and oxygen atoms in total. The molecule has 0 saturated heterocycles. The lowest BCUT2D eigenvalue weighted by Crippen LogP contribution is -2.30. The van der Waals surface area contributed by atoms with E-state index in [9.17, 15) is 14.4 Å². The van der Waals surface area contributed by atoms with Crippen molar-refractivity contribution < 1.29 is 28.6 Å². The second-order valence-corrected chi connectivity index (χ2v) is 16.2. The first-order valence-corrected chi connectivity index (χ1v) is 25.6. The van der Waals surface area contributed by atoms with Crippen LogP contribution in [0.25, 0.3) is 0 Å². The van der Waals surface area contributed by atoms with Crippen molar-refractivity contribution in [3.63, 3.8) is 0 Å². The van der Waals surface area contributed by atoms with Crippen LogP contribution in [-0.4, -0.2) is 37.2 Å². The zero-order valence-electron chi connectivity index (χ0n) is 41.6. The van der Waals surface area contributed by atoms with E-state index < -0.39 is 12.1 Å². The predicted octanol–water partition coefficient (Wildman–Crippen LogP) is 17.0. The normalized spacial score (nSPS) is 13.4. The summed E-state index contributed by atoms with van der Waals surface area (Å²) >= 11 is 0. The molecule has 0 aliphatic heterocycles. The average Bonchev–Trinajstić information content (AvgIpc) is 3.31. The highest BCUT2D eigenvalue weighted by Gasteiger charge is 2.19. The van der Waals surface area contributed by atoms with Crippen LogP contribution in [0.2, 0.25) is 0 Å². The van der Waals surface area contributed by atoms with Crippen molar-refractivity contribution in [2.75, 3.05) is 13.2 Å². The highest BCUT2D eigenvalue weighted by atomic mass is 16.6. The molecule has 0 bridgehead atoms. The van der Waals surface area contributed by atoms with E-state index in [4.69, 9.17) is 14.2 Å². The number of rotatable bonds is 43. The van der Waals surface area contributed by atoms with Crippen LogP contribution in [0, 0.1) is 0 Å². The summed E-state index contributed by atoms with van der Waals surface area (Å²) in [6.45, 7) is 6.24. The SMILES string of the molecule is CC/C=C/C=C/C=C/C=C/C=C/CCCC(=O)OCC(COC(=O)CCCCCCC/C=C/C=C/C=C/C=C/C=C/CCC)OC(=O)CCC/C=C/C/C=C/C/C=C/CCCCCCCC. The first kappa shape index (κ1) is 61.0. The van der Waals surface area contributed by atoms with Crippen molar-refractivity contribution in [1.82, 2.24) is 0 Å². The summed E-state index contributed by atoms with van der Waals surface area (Å²) in [5.74, 6) is -1.11. The topological polar surface area (TPSA) is 78.9 Å². The minimum Gasteiger partial charge on any atom is -0.462 e. The minimum atomic E-state index is -0.852. The Bertz CT molecular complexity index is 1560. The summed E-state index contributed by atoms with van der Waals surface area (Å²) in [7, 11) is 0. The van der Waals surface area contributed by atoms with Gasteiger partial charge in [0.2, 0.25) is 0 Å². The summed E-state index contributed by atoms with van der Waals surface area (Å²) in [6, 6.07) is 0. The van der Waals surface area contributed by atoms with Crippen LogP contribution in [0.15, 0.2) is 158 Å². The summed E-state index contributed by atoms with van der Waals surface area (Å²) < 4.78 is 16.6. The van der Waals surface area contributed by atoms with Gasteiger partial charge in [-0.05, 0) is 83.5 Å². The van der Waals surface area contributed by atoms with Crippen LogP contribution in [0.1, 0.15) is 181 Å². The molecule has 0 N–H and O–H groups in total. The van der Waals surface area contributed by atoms with Crippen LogP contribution < -0.4 is 0 Å². The van der Waals surface area contributed by atoms with Gasteiger partial charge in [-0.2, -0.15) is 0 Å². The number of carbonyl (C=O) groups is 3. The van der Waals surface area contributed by atoms with Crippen molar-refractivity contribution in [2.24, 2.45) is 0 Å². The third-order valence-electron chi connectivity index (χ3n) is 9.97. The fraction of sp³-hybridized carbons (Fsp3) is 0.517. The van der Waals surface area contributed by atoms with Gasteiger partial charge in [-0.1, -0.05) is 237 Å². The van der Waals surface area contributed by atoms with Gasteiger partial charge in [-0.25, -0.2) is 0 Å². The van der Waals surface area contributed by atoms with E-state index in [2.05, 4.69) is 87.6 Å². The number of unbranched alkanes of at least 4 members (excludes halogenated alkanes) is 14. The molecule has 0 rings (SSSR count). The van der Waals surface area contributed by atoms with Crippen molar-refractivity contribution in [2.45, 2.75) is 187 Å². The van der Waals surface area contributed by atoms with E-state index in [0.29, 0.717) is 19.3 Å². The largest absolute Gasteiger partial charge is 0.462 e. The Labute approximate surface area is 403 Å². The first-order chi connectivity index (χ1) is 32.5. The smallest absolute Gasteiger partial charge is 0.306 e. The van der Waals surface area contributed by atoms with Crippen molar-refractivity contribution in [3.05, 3.63) is 158 Å². The van der Waals surface area contributed by atoms with Gasteiger partial charge in [-0.15, -0.1) is 0 Å². The predicted molar refractivity (Wildman–Crippen MR) is 283 cm³/mol. The number of esters is 3. The molecule has 366 valence electrons. The molecule has 66 heavy (non-hydrogen) atoms. The second kappa shape index (κ2) is 52.7. The van der Waals surface area contributed by atoms with Gasteiger partial charge in [-0.3, -0.25) is 14.4 Å². The van der Waals surface area contributed by atoms with E-state index in [1.807, 2.05) is 91.1 Å². The molecule has 0 aliphatic carbocycles. The second-order valence-electron chi connectivity index (χ2n) is 16.2. The zero-order chi connectivity index (χ0) is 47.9. The number of ether oxygens (including phenoxy) is 3. The standard InChI is InChI=1S/C60H90O6/c1-4-7-10-13-16-19-22-25-27-29-31-32-35-38-41-44-47-50-53-59(62)65-56-57(55-64-58(61)52-49-46-43-40-37-34-24-21-18-15-12-9-6-3)66-60(63)54-51-48-45-42-39-36-33-30-28-26-23-20-17-14-11-8-5-2/h9-10,12-13,15-16,18-19,21-22,24-29,31-34,36-37,40,42-43,45,57H,4-8,11,14,17,20,23,30,35,38-39,41,44,46-56H2,1-3H3/b12-9+,13-10+,18-15+,19-16+,24-21+,25-22+,28-26+,29-27+,32-31+,36-33+,37-34+,43-40+,45-42+. The lowest BCUT2D eigenvalue weighted by molar-refractivity contribution is -0.167. The van der Waals surface area contributed by atoms with Crippen molar-refractivity contribution in [3.8, 4) is 0 Å². The van der Waals surface area contributed by atoms with Gasteiger partial charge in [0, 0.05) is 19.3 Å². The van der Waals surface area contributed by atoms with E-state index >= 15 is 0 Å². The molecule has 0 aromatic heterocycles. The molecule has 1 atom stereocenters. The zero-order valence-corrected chi connectivity index (χ0v) is 41.6. The third-order valence-corrected chi connectivity index (χ3v) is 9.97. The average molecular weight is 907 g/mol. The Hall–Kier alpha value is -4.97. The fourth-order valence-electron chi connectivity index (χ4n) is 6.16. The number of carbonyl (C=O) groups excluding carboxylic acids is 3. The molecular formula is C60H90O6. The molecule has 0 heterocycles. The molecule has 0 saturated carbocycles. The highest BCUT2D eigenvalue weighted by molar-refractivity contribution is 5.71. The van der Waals surface area contributed by atoms with E-state index in [0.717, 1.165) is 77.0 Å². The molecular weight excluding hydrogens is 817 g/mol. The van der Waals surface area contributed by atoms with Crippen molar-refractivity contribution in [1.29, 1.82) is 0 Å². The maximum absolute atomic E-state index is 12.8. The first-order valence-electron chi connectivity index (χ1n) is 25.6. The summed E-state index contributed by atoms with van der Waals surface area (Å²) in [4.78, 5) is 37.9. The summed E-state index contributed by atoms with van der Waals surface area (Å²) in [5.41, 5.74) is 0. The number of hydrogen-bond donors (Lipinski definition) is 0. The van der Waals surface area contributed by atoms with Crippen molar-refractivity contribution >= 4 is 17.9 Å². The lowest BCUT2D eigenvalue weighted by Gasteiger charge is -2.18. The summed E-state index contributed by atoms with van der Waals surface area (Å²) in [5, 5.41) is 0. The van der Waals surface area contributed by atoms with Gasteiger partial charge in [0.25, 0.3) is 0 Å². The highest BCUT2D eigenvalue weighted by Crippen LogP contribution is 2.11. The third kappa shape index (κ3) is 50.0. The molecule has 0 amide bonds. The van der Waals surface area contributed by atoms with Gasteiger partial charge in [0.1, 0.15) is 13.2 Å². The van der Waals surface area contributed by atoms with Gasteiger partial charge in [0.05, 0.1) is 0 Å². The molecule has 0 radical (unpaired) electrons. The molecule has 0 aromatic rings. The Balaban J connectivity index is 4.65. The Morgan fingerprint density at radius 2 is 0.697 bits per heavy atom. The number of allylic oxidation sites excluding steroid dienone is 26. The van der Waals surface area contributed by atoms with E-state index in [1.165, 1.54) is 51.4 Å². The Morgan fingerprint density at radius 1 is 0.333 bits per heavy atom. The fourth-order valence-corrected chi connectivity index (χ4v) is 6.16. The monoisotopic (exact) mass is 907 g/mol. The maximum atomic E-state index is 12.8. The van der Waals surface area contributed by atoms with Crippen LogP contribution in [0.3, 0.4) is 0 Å². The lowest BCUT2D eigenvalue weighted by atomic mass is 10.1. The van der Waals surface area contributed by atoms with Crippen LogP contribution >= 0.6 is 0 Å². The maximum Gasteiger partial charge on any atom is 0.306 e. The van der Waals surface area contributed by atoms with Crippen LogP contribution in [0.4, 0.5) is 0 Å². The molecule has 0 fully saturated rings. The van der Waals surface area contributed by atoms with Gasteiger partial charge >= 0.3 is 17.9 Å². The number of hydrogen-bond acceptors (Lipinski definition) is 6. The molecule has 6 heteroatoms. The molecule has 0 spiro atoms. The van der Waals surface area contributed by atoms with Crippen LogP contribution in [-0.2, 0) is 28.6 Å². The Kier molecular flexibility index (Phi) is 48.7. The molecule has 0 aromatic carbocycles. The van der Waals surface area contributed by atoms with Gasteiger partial charge < -0.3 is 14.2 Å². The minimum absolute atomic E-state index is 0.142. The molecule has 1 unspecified atom stereocenters. The van der Waals surface area contributed by atoms with Gasteiger partial charge in [0.15, 0.2) is 6.10 Å². The Morgan fingerprint density at radius 3 is 1.20 bits per heavy atom. The quantitative estimate of drug-likeness (QED) is 0.0199. The molecule has 0 aliphatic rings.